The van der Waals surface area contributed by atoms with Gasteiger partial charge in [-0.2, -0.15) is 0 Å². The molecular formula is C12H18N4O3. The van der Waals surface area contributed by atoms with Gasteiger partial charge in [-0.05, 0) is 13.3 Å². The average Bonchev–Trinajstić information content (AvgIpc) is 2.95. The molecule has 0 aromatic carbocycles. The number of hydrogen-bond acceptors (Lipinski definition) is 4. The number of carboxylic acids is 1. The molecule has 1 aromatic rings. The van der Waals surface area contributed by atoms with Crippen molar-refractivity contribution < 1.29 is 14.7 Å². The molecule has 0 saturated carbocycles. The van der Waals surface area contributed by atoms with Gasteiger partial charge in [-0.25, -0.2) is 4.98 Å². The Morgan fingerprint density at radius 3 is 2.63 bits per heavy atom. The van der Waals surface area contributed by atoms with Crippen LogP contribution in [0.5, 0.6) is 0 Å². The van der Waals surface area contributed by atoms with Crippen LogP contribution in [-0.4, -0.2) is 50.2 Å². The third-order valence-corrected chi connectivity index (χ3v) is 3.52. The van der Waals surface area contributed by atoms with Crippen LogP contribution in [0.1, 0.15) is 49.6 Å². The van der Waals surface area contributed by atoms with E-state index in [1.165, 1.54) is 4.90 Å². The summed E-state index contributed by atoms with van der Waals surface area (Å²) in [6, 6.07) is 0. The summed E-state index contributed by atoms with van der Waals surface area (Å²) in [5.41, 5.74) is -0.868. The molecule has 0 bridgehead atoms. The first-order valence-electron chi connectivity index (χ1n) is 6.28. The highest BCUT2D eigenvalue weighted by Gasteiger charge is 2.42. The van der Waals surface area contributed by atoms with Gasteiger partial charge in [0.2, 0.25) is 5.82 Å². The number of nitrogens with zero attached hydrogens (tertiary/aromatic N) is 3. The second kappa shape index (κ2) is 4.64. The topological polar surface area (TPSA) is 99.2 Å². The highest BCUT2D eigenvalue weighted by Crippen LogP contribution is 2.30. The molecule has 1 fully saturated rings. The maximum atomic E-state index is 12.2. The van der Waals surface area contributed by atoms with Crippen molar-refractivity contribution in [1.29, 1.82) is 0 Å². The van der Waals surface area contributed by atoms with Crippen LogP contribution in [0.15, 0.2) is 0 Å². The van der Waals surface area contributed by atoms with Gasteiger partial charge < -0.3 is 10.0 Å². The highest BCUT2D eigenvalue weighted by atomic mass is 16.4. The summed E-state index contributed by atoms with van der Waals surface area (Å²) in [5, 5.41) is 15.8. The normalized spacial score (nSPS) is 23.1. The molecule has 19 heavy (non-hydrogen) atoms. The second-order valence-corrected chi connectivity index (χ2v) is 5.54. The van der Waals surface area contributed by atoms with Gasteiger partial charge in [-0.1, -0.05) is 13.8 Å². The van der Waals surface area contributed by atoms with Gasteiger partial charge in [-0.15, -0.1) is 5.10 Å². The molecule has 0 aliphatic carbocycles. The third-order valence-electron chi connectivity index (χ3n) is 3.52. The van der Waals surface area contributed by atoms with Crippen LogP contribution in [0.25, 0.3) is 0 Å². The maximum absolute atomic E-state index is 12.2. The van der Waals surface area contributed by atoms with E-state index in [4.69, 9.17) is 5.11 Å². The van der Waals surface area contributed by atoms with E-state index in [0.29, 0.717) is 18.8 Å². The number of H-pyrrole nitrogens is 1. The molecule has 7 nitrogen and oxygen atoms in total. The van der Waals surface area contributed by atoms with Crippen LogP contribution < -0.4 is 0 Å². The molecule has 0 radical (unpaired) electrons. The molecule has 1 aromatic heterocycles. The largest absolute Gasteiger partial charge is 0.481 e. The Bertz CT molecular complexity index is 511. The van der Waals surface area contributed by atoms with Crippen molar-refractivity contribution in [3.05, 3.63) is 11.6 Å². The predicted octanol–water partition coefficient (Wildman–Crippen LogP) is 0.865. The van der Waals surface area contributed by atoms with Crippen molar-refractivity contribution in [3.63, 3.8) is 0 Å². The number of amides is 1. The molecule has 104 valence electrons. The van der Waals surface area contributed by atoms with Gasteiger partial charge in [0, 0.05) is 19.0 Å². The number of rotatable bonds is 3. The fourth-order valence-electron chi connectivity index (χ4n) is 2.08. The zero-order valence-corrected chi connectivity index (χ0v) is 11.3. The molecule has 1 amide bonds. The van der Waals surface area contributed by atoms with Gasteiger partial charge in [-0.3, -0.25) is 14.7 Å². The summed E-state index contributed by atoms with van der Waals surface area (Å²) < 4.78 is 0. The van der Waals surface area contributed by atoms with Crippen molar-refractivity contribution in [2.75, 3.05) is 13.1 Å². The van der Waals surface area contributed by atoms with E-state index < -0.39 is 11.4 Å². The maximum Gasteiger partial charge on any atom is 0.311 e. The fraction of sp³-hybridized carbons (Fsp3) is 0.667. The Hall–Kier alpha value is -1.92. The Morgan fingerprint density at radius 1 is 1.47 bits per heavy atom. The van der Waals surface area contributed by atoms with Crippen molar-refractivity contribution in [2.45, 2.75) is 33.1 Å². The zero-order valence-electron chi connectivity index (χ0n) is 11.3. The quantitative estimate of drug-likeness (QED) is 0.845. The van der Waals surface area contributed by atoms with E-state index in [1.54, 1.807) is 6.92 Å². The number of likely N-dealkylation sites (tertiary alicyclic amines) is 1. The minimum atomic E-state index is -0.874. The summed E-state index contributed by atoms with van der Waals surface area (Å²) in [6.45, 7) is 6.18. The van der Waals surface area contributed by atoms with Gasteiger partial charge in [0.1, 0.15) is 5.82 Å². The van der Waals surface area contributed by atoms with Gasteiger partial charge in [0.25, 0.3) is 5.91 Å². The third kappa shape index (κ3) is 2.45. The van der Waals surface area contributed by atoms with E-state index in [-0.39, 0.29) is 24.2 Å². The van der Waals surface area contributed by atoms with E-state index in [1.807, 2.05) is 13.8 Å². The van der Waals surface area contributed by atoms with E-state index in [2.05, 4.69) is 15.2 Å². The molecule has 1 aliphatic rings. The number of hydrogen-bond donors (Lipinski definition) is 2. The lowest BCUT2D eigenvalue weighted by molar-refractivity contribution is -0.147. The standard InChI is InChI=1S/C12H18N4O3/c1-7(2)8-13-9(15-14-8)10(17)16-5-4-12(3,6-16)11(18)19/h7H,4-6H2,1-3H3,(H,18,19)(H,13,14,15). The summed E-state index contributed by atoms with van der Waals surface area (Å²) >= 11 is 0. The Morgan fingerprint density at radius 2 is 2.16 bits per heavy atom. The number of carbonyl (C=O) groups is 2. The van der Waals surface area contributed by atoms with Crippen molar-refractivity contribution in [3.8, 4) is 0 Å². The summed E-state index contributed by atoms with van der Waals surface area (Å²) in [4.78, 5) is 29.0. The first kappa shape index (κ1) is 13.5. The lowest BCUT2D eigenvalue weighted by Gasteiger charge is -2.18. The SMILES string of the molecule is CC(C)c1nc(C(=O)N2CCC(C)(C(=O)O)C2)n[nH]1. The molecule has 1 aliphatic heterocycles. The van der Waals surface area contributed by atoms with E-state index in [9.17, 15) is 9.59 Å². The summed E-state index contributed by atoms with van der Waals surface area (Å²) in [5.74, 6) is -0.257. The van der Waals surface area contributed by atoms with Gasteiger partial charge in [0.15, 0.2) is 0 Å². The van der Waals surface area contributed by atoms with Crippen molar-refractivity contribution in [2.24, 2.45) is 5.41 Å². The molecule has 0 spiro atoms. The van der Waals surface area contributed by atoms with Gasteiger partial charge >= 0.3 is 5.97 Å². The number of carbonyl (C=O) groups excluding carboxylic acids is 1. The fourth-order valence-corrected chi connectivity index (χ4v) is 2.08. The lowest BCUT2D eigenvalue weighted by Crippen LogP contribution is -2.35. The molecule has 2 rings (SSSR count). The molecule has 2 heterocycles. The minimum absolute atomic E-state index is 0.110. The van der Waals surface area contributed by atoms with Crippen molar-refractivity contribution in [1.82, 2.24) is 20.1 Å². The number of aromatic nitrogens is 3. The Labute approximate surface area is 111 Å². The monoisotopic (exact) mass is 266 g/mol. The highest BCUT2D eigenvalue weighted by molar-refractivity contribution is 5.91. The molecule has 2 N–H and O–H groups in total. The van der Waals surface area contributed by atoms with Crippen LogP contribution in [0.4, 0.5) is 0 Å². The van der Waals surface area contributed by atoms with Crippen LogP contribution in [0.2, 0.25) is 0 Å². The average molecular weight is 266 g/mol. The second-order valence-electron chi connectivity index (χ2n) is 5.54. The number of nitrogens with one attached hydrogen (secondary N) is 1. The lowest BCUT2D eigenvalue weighted by atomic mass is 9.90. The number of aromatic amines is 1. The van der Waals surface area contributed by atoms with E-state index >= 15 is 0 Å². The summed E-state index contributed by atoms with van der Waals surface area (Å²) in [6.07, 6.45) is 0.454. The zero-order chi connectivity index (χ0) is 14.2. The first-order chi connectivity index (χ1) is 8.83. The van der Waals surface area contributed by atoms with Crippen molar-refractivity contribution >= 4 is 11.9 Å². The van der Waals surface area contributed by atoms with Crippen LogP contribution in [0, 0.1) is 5.41 Å². The molecular weight excluding hydrogens is 248 g/mol. The Kier molecular flexibility index (Phi) is 3.30. The molecule has 1 saturated heterocycles. The number of carboxylic acid groups (broad SMARTS) is 1. The van der Waals surface area contributed by atoms with Crippen LogP contribution in [-0.2, 0) is 4.79 Å². The van der Waals surface area contributed by atoms with E-state index in [0.717, 1.165) is 0 Å². The smallest absolute Gasteiger partial charge is 0.311 e. The van der Waals surface area contributed by atoms with Gasteiger partial charge in [0.05, 0.1) is 5.41 Å². The predicted molar refractivity (Wildman–Crippen MR) is 66.7 cm³/mol. The molecule has 1 atom stereocenters. The minimum Gasteiger partial charge on any atom is -0.481 e. The van der Waals surface area contributed by atoms with Crippen LogP contribution >= 0.6 is 0 Å². The Balaban J connectivity index is 2.11. The first-order valence-corrected chi connectivity index (χ1v) is 6.28. The molecule has 7 heteroatoms. The van der Waals surface area contributed by atoms with Crippen LogP contribution in [0.3, 0.4) is 0 Å². The number of aliphatic carboxylic acids is 1. The molecule has 1 unspecified atom stereocenters. The summed E-state index contributed by atoms with van der Waals surface area (Å²) in [7, 11) is 0.